The molecule has 1 aliphatic rings. The second-order valence-corrected chi connectivity index (χ2v) is 6.82. The summed E-state index contributed by atoms with van der Waals surface area (Å²) in [6.07, 6.45) is 0.698. The van der Waals surface area contributed by atoms with Gasteiger partial charge >= 0.3 is 0 Å². The minimum absolute atomic E-state index is 0.00386. The van der Waals surface area contributed by atoms with E-state index in [-0.39, 0.29) is 17.7 Å². The third-order valence-corrected chi connectivity index (χ3v) is 5.26. The molecule has 2 aromatic heterocycles. The number of carbonyl (C=O) groups excluding carboxylic acids is 2. The van der Waals surface area contributed by atoms with Crippen LogP contribution < -0.4 is 5.32 Å². The van der Waals surface area contributed by atoms with E-state index in [1.165, 1.54) is 22.7 Å². The number of halogens is 1. The number of nitrogens with one attached hydrogen (secondary N) is 1. The Bertz CT molecular complexity index is 669. The lowest BCUT2D eigenvalue weighted by Crippen LogP contribution is -2.36. The van der Waals surface area contributed by atoms with Gasteiger partial charge in [-0.2, -0.15) is 0 Å². The molecule has 0 atom stereocenters. The number of anilines is 1. The first kappa shape index (κ1) is 14.5. The van der Waals surface area contributed by atoms with Crippen LogP contribution in [0.1, 0.15) is 20.2 Å². The summed E-state index contributed by atoms with van der Waals surface area (Å²) in [5.41, 5.74) is 0.958. The maximum atomic E-state index is 12.0. The molecule has 0 bridgehead atoms. The van der Waals surface area contributed by atoms with E-state index in [0.717, 1.165) is 10.6 Å². The number of alkyl halides is 1. The molecule has 5 nitrogen and oxygen atoms in total. The van der Waals surface area contributed by atoms with Crippen LogP contribution in [0.5, 0.6) is 0 Å². The smallest absolute Gasteiger partial charge is 0.267 e. The van der Waals surface area contributed by atoms with Crippen molar-refractivity contribution in [2.75, 3.05) is 17.7 Å². The van der Waals surface area contributed by atoms with Crippen LogP contribution in [0.15, 0.2) is 17.5 Å². The highest BCUT2D eigenvalue weighted by Crippen LogP contribution is 2.29. The van der Waals surface area contributed by atoms with E-state index in [4.69, 9.17) is 11.6 Å². The summed E-state index contributed by atoms with van der Waals surface area (Å²) in [5.74, 6) is -0.222. The summed E-state index contributed by atoms with van der Waals surface area (Å²) in [4.78, 5) is 31.4. The van der Waals surface area contributed by atoms with Gasteiger partial charge in [-0.05, 0) is 11.4 Å². The fraction of sp³-hybridized carbons (Fsp3) is 0.308. The average molecular weight is 342 g/mol. The number of fused-ring (bicyclic) bond motifs is 1. The molecule has 2 aromatic rings. The van der Waals surface area contributed by atoms with Crippen LogP contribution in [-0.2, 0) is 17.8 Å². The quantitative estimate of drug-likeness (QED) is 0.873. The summed E-state index contributed by atoms with van der Waals surface area (Å²) in [7, 11) is 0. The highest BCUT2D eigenvalue weighted by atomic mass is 35.5. The van der Waals surface area contributed by atoms with Gasteiger partial charge in [0.15, 0.2) is 5.13 Å². The van der Waals surface area contributed by atoms with Crippen molar-refractivity contribution < 1.29 is 9.59 Å². The van der Waals surface area contributed by atoms with E-state index in [9.17, 15) is 9.59 Å². The van der Waals surface area contributed by atoms with E-state index in [2.05, 4.69) is 10.3 Å². The standard InChI is InChI=1S/C13H12ClN3O2S2/c14-6-11(18)17-4-3-8-10(7-17)21-13(15-8)16-12(19)9-2-1-5-20-9/h1-2,5H,3-4,6-7H2,(H,15,16,19). The molecule has 0 saturated heterocycles. The Morgan fingerprint density at radius 3 is 3.05 bits per heavy atom. The molecule has 1 N–H and O–H groups in total. The second kappa shape index (κ2) is 6.13. The van der Waals surface area contributed by atoms with Crippen molar-refractivity contribution >= 4 is 51.2 Å². The maximum absolute atomic E-state index is 12.0. The topological polar surface area (TPSA) is 62.3 Å². The van der Waals surface area contributed by atoms with E-state index in [1.807, 2.05) is 11.4 Å². The van der Waals surface area contributed by atoms with E-state index in [1.54, 1.807) is 11.0 Å². The van der Waals surface area contributed by atoms with Gasteiger partial charge in [-0.15, -0.1) is 22.9 Å². The van der Waals surface area contributed by atoms with E-state index >= 15 is 0 Å². The Balaban J connectivity index is 1.72. The maximum Gasteiger partial charge on any atom is 0.267 e. The molecular weight excluding hydrogens is 330 g/mol. The van der Waals surface area contributed by atoms with Crippen molar-refractivity contribution in [1.29, 1.82) is 0 Å². The molecule has 110 valence electrons. The zero-order valence-electron chi connectivity index (χ0n) is 11.0. The number of hydrogen-bond acceptors (Lipinski definition) is 5. The number of nitrogens with zero attached hydrogens (tertiary/aromatic N) is 2. The van der Waals surface area contributed by atoms with Crippen LogP contribution in [-0.4, -0.2) is 34.1 Å². The van der Waals surface area contributed by atoms with Crippen LogP contribution in [0.4, 0.5) is 5.13 Å². The van der Waals surface area contributed by atoms with Gasteiger partial charge in [0.05, 0.1) is 17.1 Å². The molecule has 0 radical (unpaired) electrons. The van der Waals surface area contributed by atoms with Gasteiger partial charge in [0.1, 0.15) is 5.88 Å². The normalized spacial score (nSPS) is 13.9. The van der Waals surface area contributed by atoms with Crippen molar-refractivity contribution in [2.24, 2.45) is 0 Å². The molecular formula is C13H12ClN3O2S2. The van der Waals surface area contributed by atoms with E-state index in [0.29, 0.717) is 29.5 Å². The summed E-state index contributed by atoms with van der Waals surface area (Å²) >= 11 is 8.39. The molecule has 3 heterocycles. The van der Waals surface area contributed by atoms with Gasteiger partial charge in [0.25, 0.3) is 5.91 Å². The third-order valence-electron chi connectivity index (χ3n) is 3.16. The molecule has 0 aliphatic carbocycles. The molecule has 0 fully saturated rings. The Morgan fingerprint density at radius 1 is 1.48 bits per heavy atom. The van der Waals surface area contributed by atoms with Gasteiger partial charge in [0, 0.05) is 17.8 Å². The second-order valence-electron chi connectivity index (χ2n) is 4.52. The average Bonchev–Trinajstić information content (AvgIpc) is 3.14. The molecule has 2 amide bonds. The first-order chi connectivity index (χ1) is 10.2. The molecule has 8 heteroatoms. The van der Waals surface area contributed by atoms with Crippen molar-refractivity contribution in [3.8, 4) is 0 Å². The first-order valence-corrected chi connectivity index (χ1v) is 8.57. The van der Waals surface area contributed by atoms with Gasteiger partial charge < -0.3 is 4.90 Å². The fourth-order valence-electron chi connectivity index (χ4n) is 2.11. The molecule has 0 aromatic carbocycles. The fourth-order valence-corrected chi connectivity index (χ4v) is 3.92. The van der Waals surface area contributed by atoms with Gasteiger partial charge in [-0.25, -0.2) is 4.98 Å². The number of thiazole rings is 1. The van der Waals surface area contributed by atoms with Gasteiger partial charge in [-0.3, -0.25) is 14.9 Å². The van der Waals surface area contributed by atoms with Crippen molar-refractivity contribution in [3.63, 3.8) is 0 Å². The predicted molar refractivity (Wildman–Crippen MR) is 84.2 cm³/mol. The lowest BCUT2D eigenvalue weighted by atomic mass is 10.2. The summed E-state index contributed by atoms with van der Waals surface area (Å²) in [6.45, 7) is 1.15. The molecule has 0 saturated carbocycles. The van der Waals surface area contributed by atoms with E-state index < -0.39 is 0 Å². The van der Waals surface area contributed by atoms with Crippen molar-refractivity contribution in [3.05, 3.63) is 33.0 Å². The number of thiophene rings is 1. The van der Waals surface area contributed by atoms with Crippen LogP contribution in [0.25, 0.3) is 0 Å². The van der Waals surface area contributed by atoms with Crippen molar-refractivity contribution in [2.45, 2.75) is 13.0 Å². The molecule has 1 aliphatic heterocycles. The summed E-state index contributed by atoms with van der Waals surface area (Å²) in [5, 5.41) is 5.25. The summed E-state index contributed by atoms with van der Waals surface area (Å²) < 4.78 is 0. The molecule has 0 spiro atoms. The highest BCUT2D eigenvalue weighted by Gasteiger charge is 2.24. The molecule has 0 unspecified atom stereocenters. The molecule has 21 heavy (non-hydrogen) atoms. The minimum Gasteiger partial charge on any atom is -0.336 e. The number of hydrogen-bond donors (Lipinski definition) is 1. The Labute approximate surface area is 134 Å². The van der Waals surface area contributed by atoms with Crippen LogP contribution in [0.2, 0.25) is 0 Å². The lowest BCUT2D eigenvalue weighted by molar-refractivity contribution is -0.129. The SMILES string of the molecule is O=C(Nc1nc2c(s1)CN(C(=O)CCl)CC2)c1cccs1. The predicted octanol–water partition coefficient (Wildman–Crippen LogP) is 2.58. The van der Waals surface area contributed by atoms with Crippen LogP contribution in [0.3, 0.4) is 0 Å². The largest absolute Gasteiger partial charge is 0.336 e. The Hall–Kier alpha value is -1.44. The molecule has 3 rings (SSSR count). The first-order valence-electron chi connectivity index (χ1n) is 6.34. The Kier molecular flexibility index (Phi) is 4.23. The Morgan fingerprint density at radius 2 is 2.33 bits per heavy atom. The number of rotatable bonds is 3. The van der Waals surface area contributed by atoms with Gasteiger partial charge in [0.2, 0.25) is 5.91 Å². The van der Waals surface area contributed by atoms with Crippen molar-refractivity contribution in [1.82, 2.24) is 9.88 Å². The zero-order valence-corrected chi connectivity index (χ0v) is 13.4. The monoisotopic (exact) mass is 341 g/mol. The lowest BCUT2D eigenvalue weighted by Gasteiger charge is -2.25. The zero-order chi connectivity index (χ0) is 14.8. The number of carbonyl (C=O) groups is 2. The minimum atomic E-state index is -0.148. The van der Waals surface area contributed by atoms with Crippen LogP contribution in [0, 0.1) is 0 Å². The van der Waals surface area contributed by atoms with Gasteiger partial charge in [-0.1, -0.05) is 17.4 Å². The number of amides is 2. The van der Waals surface area contributed by atoms with Crippen LogP contribution >= 0.6 is 34.3 Å². The summed E-state index contributed by atoms with van der Waals surface area (Å²) in [6, 6.07) is 3.61. The number of aromatic nitrogens is 1. The third kappa shape index (κ3) is 3.09. The highest BCUT2D eigenvalue weighted by molar-refractivity contribution is 7.16.